The zero-order valence-corrected chi connectivity index (χ0v) is 13.1. The summed E-state index contributed by atoms with van der Waals surface area (Å²) in [5.74, 6) is -2.27. The van der Waals surface area contributed by atoms with Crippen LogP contribution in [-0.4, -0.2) is 32.7 Å². The van der Waals surface area contributed by atoms with Gasteiger partial charge in [0.1, 0.15) is 10.5 Å². The van der Waals surface area contributed by atoms with Crippen LogP contribution in [0.4, 0.5) is 0 Å². The Hall–Kier alpha value is -1.92. The van der Waals surface area contributed by atoms with Gasteiger partial charge in [-0.15, -0.1) is 23.5 Å². The van der Waals surface area contributed by atoms with Gasteiger partial charge in [-0.1, -0.05) is 36.4 Å². The summed E-state index contributed by atoms with van der Waals surface area (Å²) in [6, 6.07) is 17.9. The van der Waals surface area contributed by atoms with Crippen LogP contribution in [0.3, 0.4) is 0 Å². The van der Waals surface area contributed by atoms with Crippen molar-refractivity contribution in [1.29, 1.82) is 0 Å². The van der Waals surface area contributed by atoms with Crippen molar-refractivity contribution in [2.75, 3.05) is 0 Å². The number of benzene rings is 2. The maximum Gasteiger partial charge on any atom is 0.318 e. The molecule has 0 fully saturated rings. The molecule has 0 heterocycles. The number of carboxylic acids is 2. The van der Waals surface area contributed by atoms with E-state index in [2.05, 4.69) is 0 Å². The van der Waals surface area contributed by atoms with Crippen molar-refractivity contribution in [3.05, 3.63) is 60.7 Å². The summed E-state index contributed by atoms with van der Waals surface area (Å²) in [4.78, 5) is 24.5. The van der Waals surface area contributed by atoms with Gasteiger partial charge in [0.05, 0.1) is 0 Å². The molecule has 0 aromatic heterocycles. The van der Waals surface area contributed by atoms with E-state index in [1.54, 1.807) is 48.5 Å². The molecule has 2 N–H and O–H groups in total. The number of hydrogen-bond acceptors (Lipinski definition) is 4. The van der Waals surface area contributed by atoms with Gasteiger partial charge in [0, 0.05) is 9.79 Å². The van der Waals surface area contributed by atoms with Gasteiger partial charge in [-0.3, -0.25) is 9.59 Å². The van der Waals surface area contributed by atoms with Crippen LogP contribution < -0.4 is 0 Å². The third-order valence-corrected chi connectivity index (χ3v) is 5.49. The lowest BCUT2D eigenvalue weighted by Gasteiger charge is -2.19. The Labute approximate surface area is 136 Å². The van der Waals surface area contributed by atoms with Crippen LogP contribution in [0.1, 0.15) is 0 Å². The number of rotatable bonds is 7. The Morgan fingerprint density at radius 3 is 1.27 bits per heavy atom. The van der Waals surface area contributed by atoms with Crippen molar-refractivity contribution in [1.82, 2.24) is 0 Å². The average Bonchev–Trinajstić information content (AvgIpc) is 2.52. The van der Waals surface area contributed by atoms with Crippen molar-refractivity contribution in [3.8, 4) is 0 Å². The van der Waals surface area contributed by atoms with Gasteiger partial charge in [-0.05, 0) is 24.3 Å². The maximum absolute atomic E-state index is 11.5. The fourth-order valence-corrected chi connectivity index (χ4v) is 4.00. The normalized spacial score (nSPS) is 13.3. The molecule has 0 radical (unpaired) electrons. The van der Waals surface area contributed by atoms with Gasteiger partial charge in [0.15, 0.2) is 0 Å². The van der Waals surface area contributed by atoms with Gasteiger partial charge < -0.3 is 10.2 Å². The van der Waals surface area contributed by atoms with E-state index >= 15 is 0 Å². The first-order valence-corrected chi connectivity index (χ1v) is 8.23. The monoisotopic (exact) mass is 334 g/mol. The Bertz CT molecular complexity index is 574. The summed E-state index contributed by atoms with van der Waals surface area (Å²) < 4.78 is 0. The molecular formula is C16H14O4S2. The highest BCUT2D eigenvalue weighted by Gasteiger charge is 2.35. The van der Waals surface area contributed by atoms with E-state index in [4.69, 9.17) is 0 Å². The van der Waals surface area contributed by atoms with Crippen LogP contribution in [0.25, 0.3) is 0 Å². The summed E-state index contributed by atoms with van der Waals surface area (Å²) in [6.07, 6.45) is 0. The summed E-state index contributed by atoms with van der Waals surface area (Å²) >= 11 is 2.10. The van der Waals surface area contributed by atoms with Crippen LogP contribution >= 0.6 is 23.5 Å². The Kier molecular flexibility index (Phi) is 5.91. The third-order valence-electron chi connectivity index (χ3n) is 2.77. The Balaban J connectivity index is 2.22. The predicted molar refractivity (Wildman–Crippen MR) is 87.4 cm³/mol. The van der Waals surface area contributed by atoms with E-state index in [1.165, 1.54) is 0 Å². The molecule has 6 heteroatoms. The fraction of sp³-hybridized carbons (Fsp3) is 0.125. The van der Waals surface area contributed by atoms with Crippen molar-refractivity contribution >= 4 is 35.5 Å². The SMILES string of the molecule is O=C(O)C(Sc1ccccc1)C(Sc1ccccc1)C(=O)O. The number of thioether (sulfide) groups is 2. The van der Waals surface area contributed by atoms with E-state index in [9.17, 15) is 19.8 Å². The minimum Gasteiger partial charge on any atom is -0.480 e. The lowest BCUT2D eigenvalue weighted by molar-refractivity contribution is -0.142. The first-order valence-electron chi connectivity index (χ1n) is 6.47. The minimum atomic E-state index is -1.13. The Morgan fingerprint density at radius 2 is 1.00 bits per heavy atom. The molecule has 2 aromatic rings. The standard InChI is InChI=1S/C16H14O4S2/c17-15(18)13(21-11-7-3-1-4-8-11)14(16(19)20)22-12-9-5-2-6-10-12/h1-10,13-14H,(H,17,18)(H,19,20). The topological polar surface area (TPSA) is 74.6 Å². The molecule has 0 aliphatic carbocycles. The van der Waals surface area contributed by atoms with Crippen LogP contribution in [0, 0.1) is 0 Å². The zero-order chi connectivity index (χ0) is 15.9. The molecule has 2 unspecified atom stereocenters. The zero-order valence-electron chi connectivity index (χ0n) is 11.5. The molecular weight excluding hydrogens is 320 g/mol. The Morgan fingerprint density at radius 1 is 0.682 bits per heavy atom. The highest BCUT2D eigenvalue weighted by molar-refractivity contribution is 8.04. The molecule has 4 nitrogen and oxygen atoms in total. The fourth-order valence-electron chi connectivity index (χ4n) is 1.77. The van der Waals surface area contributed by atoms with E-state index in [0.29, 0.717) is 0 Å². The second-order valence-electron chi connectivity index (χ2n) is 4.38. The highest BCUT2D eigenvalue weighted by atomic mass is 32.2. The molecule has 0 bridgehead atoms. The predicted octanol–water partition coefficient (Wildman–Crippen LogP) is 3.48. The minimum absolute atomic E-state index is 0.731. The van der Waals surface area contributed by atoms with Crippen molar-refractivity contribution < 1.29 is 19.8 Å². The maximum atomic E-state index is 11.5. The number of carboxylic acid groups (broad SMARTS) is 2. The van der Waals surface area contributed by atoms with Gasteiger partial charge >= 0.3 is 11.9 Å². The summed E-state index contributed by atoms with van der Waals surface area (Å²) in [5, 5.41) is 16.7. The first kappa shape index (κ1) is 16.5. The molecule has 0 spiro atoms. The first-order chi connectivity index (χ1) is 10.6. The average molecular weight is 334 g/mol. The van der Waals surface area contributed by atoms with Gasteiger partial charge in [0.25, 0.3) is 0 Å². The highest BCUT2D eigenvalue weighted by Crippen LogP contribution is 2.34. The summed E-state index contributed by atoms with van der Waals surface area (Å²) in [6.45, 7) is 0. The molecule has 2 rings (SSSR count). The van der Waals surface area contributed by atoms with E-state index < -0.39 is 22.4 Å². The van der Waals surface area contributed by atoms with Crippen LogP contribution in [0.2, 0.25) is 0 Å². The molecule has 2 aromatic carbocycles. The van der Waals surface area contributed by atoms with Crippen LogP contribution in [0.5, 0.6) is 0 Å². The molecule has 0 aliphatic heterocycles. The number of carbonyl (C=O) groups is 2. The van der Waals surface area contributed by atoms with Crippen molar-refractivity contribution in [3.63, 3.8) is 0 Å². The van der Waals surface area contributed by atoms with Gasteiger partial charge in [-0.25, -0.2) is 0 Å². The molecule has 2 atom stereocenters. The third kappa shape index (κ3) is 4.54. The van der Waals surface area contributed by atoms with E-state index in [0.717, 1.165) is 33.3 Å². The molecule has 0 saturated heterocycles. The van der Waals surface area contributed by atoms with Gasteiger partial charge in [0.2, 0.25) is 0 Å². The van der Waals surface area contributed by atoms with E-state index in [1.807, 2.05) is 12.1 Å². The summed E-state index contributed by atoms with van der Waals surface area (Å²) in [5.41, 5.74) is 0. The van der Waals surface area contributed by atoms with Crippen LogP contribution in [-0.2, 0) is 9.59 Å². The van der Waals surface area contributed by atoms with Gasteiger partial charge in [-0.2, -0.15) is 0 Å². The second-order valence-corrected chi connectivity index (χ2v) is 6.81. The smallest absolute Gasteiger partial charge is 0.318 e. The van der Waals surface area contributed by atoms with E-state index in [-0.39, 0.29) is 0 Å². The molecule has 0 saturated carbocycles. The summed E-state index contributed by atoms with van der Waals surface area (Å²) in [7, 11) is 0. The van der Waals surface area contributed by atoms with Crippen LogP contribution in [0.15, 0.2) is 70.5 Å². The number of aliphatic carboxylic acids is 2. The second kappa shape index (κ2) is 7.91. The molecule has 0 amide bonds. The van der Waals surface area contributed by atoms with Crippen molar-refractivity contribution in [2.45, 2.75) is 20.3 Å². The quantitative estimate of drug-likeness (QED) is 0.755. The lowest BCUT2D eigenvalue weighted by atomic mass is 10.3. The van der Waals surface area contributed by atoms with Crippen molar-refractivity contribution in [2.24, 2.45) is 0 Å². The lowest BCUT2D eigenvalue weighted by Crippen LogP contribution is -2.35. The number of hydrogen-bond donors (Lipinski definition) is 2. The molecule has 0 aliphatic rings. The molecule has 114 valence electrons. The molecule has 22 heavy (non-hydrogen) atoms. The largest absolute Gasteiger partial charge is 0.480 e.